The molecule has 0 aromatic heterocycles. The summed E-state index contributed by atoms with van der Waals surface area (Å²) < 4.78 is 51.3. The van der Waals surface area contributed by atoms with E-state index in [2.05, 4.69) is 0 Å². The average molecular weight is 628 g/mol. The van der Waals surface area contributed by atoms with E-state index in [-0.39, 0.29) is 43.2 Å². The molecule has 32 heteroatoms. The molecule has 0 amide bonds. The summed E-state index contributed by atoms with van der Waals surface area (Å²) in [5.74, 6) is 0. The Bertz CT molecular complexity index is 461. The molecule has 0 aliphatic rings. The standard InChI is InChI=1S/Ca.6H3O4P.H2O/c;6*1-5(2,3)4;/h;6*(H3,1,2,3,4);1H2/q+2;;;;;;;/p-18. The average Bonchev–Trinajstić information content (AvgIpc) is 1.94. The van der Waals surface area contributed by atoms with Crippen molar-refractivity contribution in [2.45, 2.75) is 0 Å². The zero-order chi connectivity index (χ0) is 27.0. The molecule has 25 nitrogen and oxygen atoms in total. The predicted octanol–water partition coefficient (Wildman–Crippen LogP) is -18.2. The number of hydrogen-bond acceptors (Lipinski definition) is 24. The monoisotopic (exact) mass is 628 g/mol. The van der Waals surface area contributed by atoms with Crippen molar-refractivity contribution in [3.8, 4) is 0 Å². The molecule has 32 heavy (non-hydrogen) atoms. The largest absolute Gasteiger partial charge is 2.00 e. The van der Waals surface area contributed by atoms with Gasteiger partial charge in [-0.2, -0.15) is 46.9 Å². The van der Waals surface area contributed by atoms with Crippen LogP contribution in [0.15, 0.2) is 0 Å². The Labute approximate surface area is 205 Å². The van der Waals surface area contributed by atoms with Gasteiger partial charge in [0.15, 0.2) is 0 Å². The van der Waals surface area contributed by atoms with Gasteiger partial charge >= 0.3 is 37.7 Å². The number of rotatable bonds is 0. The van der Waals surface area contributed by atoms with E-state index >= 15 is 0 Å². The minimum absolute atomic E-state index is 0. The normalized spacial score (nSPS) is 11.1. The number of hydrogen-bond donors (Lipinski definition) is 0. The summed E-state index contributed by atoms with van der Waals surface area (Å²) in [5.41, 5.74) is 0. The van der Waals surface area contributed by atoms with Crippen LogP contribution >= 0.6 is 46.9 Å². The van der Waals surface area contributed by atoms with Crippen molar-refractivity contribution in [3.63, 3.8) is 0 Å². The van der Waals surface area contributed by atoms with Crippen LogP contribution in [0.5, 0.6) is 0 Å². The summed E-state index contributed by atoms with van der Waals surface area (Å²) in [6.45, 7) is 0. The third-order valence-electron chi connectivity index (χ3n) is 0. The summed E-state index contributed by atoms with van der Waals surface area (Å²) in [7, 11) is -32.3. The molecular weight excluding hydrogens is 626 g/mol. The van der Waals surface area contributed by atoms with Gasteiger partial charge in [-0.05, 0) is 0 Å². The molecule has 200 valence electrons. The van der Waals surface area contributed by atoms with Crippen LogP contribution in [0, 0.1) is 0 Å². The van der Waals surface area contributed by atoms with Crippen molar-refractivity contribution in [2.24, 2.45) is 0 Å². The smallest absolute Gasteiger partial charge is 0.822 e. The van der Waals surface area contributed by atoms with Crippen molar-refractivity contribution < 1.29 is 121 Å². The van der Waals surface area contributed by atoms with Gasteiger partial charge in [0.05, 0.1) is 0 Å². The minimum atomic E-state index is -5.39. The first-order chi connectivity index (χ1) is 12.0. The Hall–Kier alpha value is 1.88. The Morgan fingerprint density at radius 3 is 0.250 bits per heavy atom. The van der Waals surface area contributed by atoms with Crippen LogP contribution in [-0.2, 0) is 27.4 Å². The van der Waals surface area contributed by atoms with Crippen molar-refractivity contribution in [2.75, 3.05) is 0 Å². The first-order valence-electron chi connectivity index (χ1n) is 4.38. The Kier molecular flexibility index (Phi) is 39.8. The van der Waals surface area contributed by atoms with E-state index in [0.717, 1.165) is 0 Å². The maximum Gasteiger partial charge on any atom is 2.00 e. The second kappa shape index (κ2) is 23.3. The fourth-order valence-corrected chi connectivity index (χ4v) is 0. The molecule has 0 bridgehead atoms. The molecule has 0 radical (unpaired) electrons. The molecule has 0 aromatic rings. The molecule has 0 spiro atoms. The first-order valence-corrected chi connectivity index (χ1v) is 13.1. The van der Waals surface area contributed by atoms with Gasteiger partial charge in [0.25, 0.3) is 0 Å². The van der Waals surface area contributed by atoms with Crippen LogP contribution in [0.3, 0.4) is 0 Å². The van der Waals surface area contributed by atoms with Crippen LogP contribution in [0.2, 0.25) is 0 Å². The topological polar surface area (TPSA) is 549 Å². The summed E-state index contributed by atoms with van der Waals surface area (Å²) in [4.78, 5) is 154. The summed E-state index contributed by atoms with van der Waals surface area (Å²) in [5, 5.41) is 0. The number of phosphoric acid groups is 6. The van der Waals surface area contributed by atoms with Gasteiger partial charge < -0.3 is 121 Å². The molecule has 0 aromatic carbocycles. The maximum atomic E-state index is 8.55. The minimum Gasteiger partial charge on any atom is -0.822 e. The summed E-state index contributed by atoms with van der Waals surface area (Å²) in [6, 6.07) is 0. The van der Waals surface area contributed by atoms with Crippen molar-refractivity contribution in [3.05, 3.63) is 0 Å². The molecule has 2 N–H and O–H groups in total. The van der Waals surface area contributed by atoms with E-state index in [1.807, 2.05) is 0 Å². The van der Waals surface area contributed by atoms with E-state index in [1.54, 1.807) is 0 Å². The van der Waals surface area contributed by atoms with E-state index in [1.165, 1.54) is 0 Å². The van der Waals surface area contributed by atoms with Crippen molar-refractivity contribution >= 4 is 84.7 Å². The molecule has 0 aliphatic heterocycles. The van der Waals surface area contributed by atoms with Gasteiger partial charge in [0, 0.05) is 0 Å². The van der Waals surface area contributed by atoms with Crippen LogP contribution in [-0.4, -0.2) is 43.2 Å². The third-order valence-corrected chi connectivity index (χ3v) is 0. The second-order valence-electron chi connectivity index (χ2n) is 2.68. The zero-order valence-corrected chi connectivity index (χ0v) is 21.3. The van der Waals surface area contributed by atoms with Crippen LogP contribution in [0.1, 0.15) is 0 Å². The maximum absolute atomic E-state index is 8.55. The van der Waals surface area contributed by atoms with Gasteiger partial charge in [-0.15, -0.1) is 0 Å². The van der Waals surface area contributed by atoms with E-state index < -0.39 is 46.9 Å². The SMILES string of the molecule is O.O=P([O-])([O-])[O-].O=P([O-])([O-])[O-].O=P([O-])([O-])[O-].O=P([O-])([O-])[O-].O=P([O-])([O-])[O-].O=P([O-])([O-])[O-].[Ca+2]. The summed E-state index contributed by atoms with van der Waals surface area (Å²) in [6.07, 6.45) is 0. The fraction of sp³-hybridized carbons (Fsp3) is 0. The third kappa shape index (κ3) is 8600. The molecule has 0 unspecified atom stereocenters. The molecule has 0 saturated carbocycles. The molecule has 0 rings (SSSR count). The fourth-order valence-electron chi connectivity index (χ4n) is 0. The van der Waals surface area contributed by atoms with Crippen LogP contribution in [0.4, 0.5) is 0 Å². The van der Waals surface area contributed by atoms with Gasteiger partial charge in [-0.1, -0.05) is 0 Å². The van der Waals surface area contributed by atoms with Crippen molar-refractivity contribution in [1.82, 2.24) is 0 Å². The first kappa shape index (κ1) is 54.7. The predicted molar refractivity (Wildman–Crippen MR) is 55.0 cm³/mol. The Morgan fingerprint density at radius 1 is 0.250 bits per heavy atom. The van der Waals surface area contributed by atoms with Crippen LogP contribution in [0.25, 0.3) is 0 Å². The second-order valence-corrected chi connectivity index (χ2v) is 8.05. The molecule has 0 atom stereocenters. The zero-order valence-electron chi connectivity index (χ0n) is 13.7. The Balaban J connectivity index is -0.0000000356. The van der Waals surface area contributed by atoms with E-state index in [4.69, 9.17) is 115 Å². The molecular formula is H2CaO25P6-16. The van der Waals surface area contributed by atoms with Gasteiger partial charge in [0.1, 0.15) is 0 Å². The molecule has 0 fully saturated rings. The molecule has 0 saturated heterocycles. The summed E-state index contributed by atoms with van der Waals surface area (Å²) >= 11 is 0. The van der Waals surface area contributed by atoms with E-state index in [9.17, 15) is 0 Å². The Morgan fingerprint density at radius 2 is 0.250 bits per heavy atom. The van der Waals surface area contributed by atoms with Gasteiger partial charge in [-0.25, -0.2) is 0 Å². The molecule has 0 aliphatic carbocycles. The van der Waals surface area contributed by atoms with Gasteiger partial charge in [-0.3, -0.25) is 0 Å². The van der Waals surface area contributed by atoms with Crippen molar-refractivity contribution in [1.29, 1.82) is 0 Å². The van der Waals surface area contributed by atoms with Gasteiger partial charge in [0.2, 0.25) is 0 Å². The van der Waals surface area contributed by atoms with Crippen LogP contribution < -0.4 is 88.1 Å². The molecule has 0 heterocycles. The quantitative estimate of drug-likeness (QED) is 0.177. The van der Waals surface area contributed by atoms with E-state index in [0.29, 0.717) is 0 Å².